The molecular formula is C19H16N2O6. The van der Waals surface area contributed by atoms with Crippen molar-refractivity contribution in [3.8, 4) is 17.1 Å². The fourth-order valence-electron chi connectivity index (χ4n) is 2.39. The first kappa shape index (κ1) is 18.1. The lowest BCUT2D eigenvalue weighted by Gasteiger charge is -2.06. The molecule has 0 N–H and O–H groups in total. The Labute approximate surface area is 154 Å². The van der Waals surface area contributed by atoms with Gasteiger partial charge in [0.25, 0.3) is 0 Å². The summed E-state index contributed by atoms with van der Waals surface area (Å²) < 4.78 is 15.9. The minimum absolute atomic E-state index is 0.0417. The monoisotopic (exact) mass is 368 g/mol. The molecule has 0 saturated heterocycles. The molecule has 0 aliphatic rings. The lowest BCUT2D eigenvalue weighted by molar-refractivity contribution is -0.385. The summed E-state index contributed by atoms with van der Waals surface area (Å²) in [7, 11) is 0. The first-order valence-corrected chi connectivity index (χ1v) is 8.17. The van der Waals surface area contributed by atoms with Gasteiger partial charge in [-0.05, 0) is 19.1 Å². The number of nitro groups is 1. The van der Waals surface area contributed by atoms with Crippen LogP contribution < -0.4 is 4.74 Å². The van der Waals surface area contributed by atoms with Gasteiger partial charge in [-0.3, -0.25) is 10.1 Å². The number of carbonyl (C=O) groups is 1. The smallest absolute Gasteiger partial charge is 0.338 e. The quantitative estimate of drug-likeness (QED) is 0.352. The van der Waals surface area contributed by atoms with Crippen LogP contribution in [0.1, 0.15) is 23.2 Å². The Morgan fingerprint density at radius 1 is 1.22 bits per heavy atom. The van der Waals surface area contributed by atoms with Crippen molar-refractivity contribution in [1.29, 1.82) is 0 Å². The van der Waals surface area contributed by atoms with Gasteiger partial charge in [0.2, 0.25) is 5.89 Å². The molecule has 27 heavy (non-hydrogen) atoms. The number of aromatic nitrogens is 1. The maximum atomic E-state index is 12.2. The number of benzene rings is 2. The van der Waals surface area contributed by atoms with E-state index < -0.39 is 10.9 Å². The van der Waals surface area contributed by atoms with E-state index in [2.05, 4.69) is 4.98 Å². The van der Waals surface area contributed by atoms with Crippen molar-refractivity contribution in [2.45, 2.75) is 13.5 Å². The highest BCUT2D eigenvalue weighted by Gasteiger charge is 2.20. The minimum atomic E-state index is -0.722. The first-order valence-electron chi connectivity index (χ1n) is 8.17. The largest absolute Gasteiger partial charge is 0.487 e. The van der Waals surface area contributed by atoms with Crippen LogP contribution in [0, 0.1) is 10.1 Å². The average molecular weight is 368 g/mol. The number of nitro benzene ring substituents is 1. The summed E-state index contributed by atoms with van der Waals surface area (Å²) in [5, 5.41) is 11.1. The van der Waals surface area contributed by atoms with Crippen LogP contribution >= 0.6 is 0 Å². The van der Waals surface area contributed by atoms with Crippen molar-refractivity contribution in [2.75, 3.05) is 6.61 Å². The van der Waals surface area contributed by atoms with Gasteiger partial charge < -0.3 is 13.9 Å². The van der Waals surface area contributed by atoms with Gasteiger partial charge in [0.1, 0.15) is 0 Å². The number of hydrogen-bond acceptors (Lipinski definition) is 7. The van der Waals surface area contributed by atoms with Crippen molar-refractivity contribution in [1.82, 2.24) is 4.98 Å². The maximum absolute atomic E-state index is 12.2. The van der Waals surface area contributed by atoms with Crippen LogP contribution in [-0.4, -0.2) is 22.5 Å². The number of carbonyl (C=O) groups excluding carboxylic acids is 1. The van der Waals surface area contributed by atoms with Gasteiger partial charge in [0.05, 0.1) is 23.3 Å². The third-order valence-corrected chi connectivity index (χ3v) is 3.63. The second kappa shape index (κ2) is 8.13. The summed E-state index contributed by atoms with van der Waals surface area (Å²) in [6, 6.07) is 13.3. The van der Waals surface area contributed by atoms with Crippen LogP contribution in [0.2, 0.25) is 0 Å². The molecule has 8 heteroatoms. The molecule has 0 radical (unpaired) electrons. The summed E-state index contributed by atoms with van der Waals surface area (Å²) in [4.78, 5) is 26.8. The Balaban J connectivity index is 1.68. The lowest BCUT2D eigenvalue weighted by atomic mass is 10.2. The zero-order valence-electron chi connectivity index (χ0n) is 14.5. The summed E-state index contributed by atoms with van der Waals surface area (Å²) in [5.74, 6) is 0.154. The number of oxazole rings is 1. The van der Waals surface area contributed by atoms with E-state index in [1.54, 1.807) is 13.1 Å². The van der Waals surface area contributed by atoms with E-state index in [4.69, 9.17) is 13.9 Å². The maximum Gasteiger partial charge on any atom is 0.338 e. The van der Waals surface area contributed by atoms with Gasteiger partial charge in [-0.25, -0.2) is 9.78 Å². The second-order valence-corrected chi connectivity index (χ2v) is 5.43. The zero-order valence-corrected chi connectivity index (χ0v) is 14.5. The average Bonchev–Trinajstić information content (AvgIpc) is 3.16. The molecule has 138 valence electrons. The Bertz CT molecular complexity index is 952. The normalized spacial score (nSPS) is 10.4. The fraction of sp³-hybridized carbons (Fsp3) is 0.158. The highest BCUT2D eigenvalue weighted by molar-refractivity contribution is 5.90. The standard InChI is InChI=1S/C19H16N2O6/c1-2-25-16-9-8-14(10-15(16)21(23)24)19(22)26-12-18-20-11-17(27-18)13-6-4-3-5-7-13/h3-11H,2,12H2,1H3. The van der Waals surface area contributed by atoms with Crippen LogP contribution in [0.25, 0.3) is 11.3 Å². The molecule has 3 aromatic rings. The zero-order chi connectivity index (χ0) is 19.2. The Morgan fingerprint density at radius 3 is 2.70 bits per heavy atom. The minimum Gasteiger partial charge on any atom is -0.487 e. The predicted octanol–water partition coefficient (Wildman–Crippen LogP) is 4.01. The van der Waals surface area contributed by atoms with Crippen LogP contribution in [0.4, 0.5) is 5.69 Å². The van der Waals surface area contributed by atoms with Gasteiger partial charge in [-0.2, -0.15) is 0 Å². The van der Waals surface area contributed by atoms with Gasteiger partial charge >= 0.3 is 11.7 Å². The molecule has 2 aromatic carbocycles. The lowest BCUT2D eigenvalue weighted by Crippen LogP contribution is -2.07. The molecule has 0 aliphatic heterocycles. The highest BCUT2D eigenvalue weighted by atomic mass is 16.6. The molecule has 0 bridgehead atoms. The number of esters is 1. The van der Waals surface area contributed by atoms with E-state index in [1.807, 2.05) is 30.3 Å². The number of nitrogens with zero attached hydrogens (tertiary/aromatic N) is 2. The van der Waals surface area contributed by atoms with E-state index in [1.165, 1.54) is 12.1 Å². The Morgan fingerprint density at radius 2 is 2.00 bits per heavy atom. The van der Waals surface area contributed by atoms with Crippen molar-refractivity contribution in [3.05, 3.63) is 76.3 Å². The molecule has 0 atom stereocenters. The fourth-order valence-corrected chi connectivity index (χ4v) is 2.39. The molecule has 1 aromatic heterocycles. The van der Waals surface area contributed by atoms with Crippen LogP contribution in [-0.2, 0) is 11.3 Å². The molecule has 3 rings (SSSR count). The Hall–Kier alpha value is -3.68. The van der Waals surface area contributed by atoms with Crippen molar-refractivity contribution >= 4 is 11.7 Å². The highest BCUT2D eigenvalue weighted by Crippen LogP contribution is 2.28. The van der Waals surface area contributed by atoms with Crippen molar-refractivity contribution in [2.24, 2.45) is 0 Å². The van der Waals surface area contributed by atoms with E-state index in [0.29, 0.717) is 5.76 Å². The third kappa shape index (κ3) is 4.30. The summed E-state index contributed by atoms with van der Waals surface area (Å²) in [5.41, 5.74) is 0.596. The summed E-state index contributed by atoms with van der Waals surface area (Å²) in [6.07, 6.45) is 1.54. The van der Waals surface area contributed by atoms with Crippen molar-refractivity contribution < 1.29 is 23.6 Å². The van der Waals surface area contributed by atoms with Crippen molar-refractivity contribution in [3.63, 3.8) is 0 Å². The molecule has 0 amide bonds. The third-order valence-electron chi connectivity index (χ3n) is 3.63. The van der Waals surface area contributed by atoms with Crippen LogP contribution in [0.5, 0.6) is 5.75 Å². The van der Waals surface area contributed by atoms with E-state index in [-0.39, 0.29) is 36.1 Å². The topological polar surface area (TPSA) is 105 Å². The van der Waals surface area contributed by atoms with Gasteiger partial charge in [0, 0.05) is 11.6 Å². The molecular weight excluding hydrogens is 352 g/mol. The van der Waals surface area contributed by atoms with Gasteiger partial charge in [-0.15, -0.1) is 0 Å². The summed E-state index contributed by atoms with van der Waals surface area (Å²) >= 11 is 0. The van der Waals surface area contributed by atoms with Crippen LogP contribution in [0.15, 0.2) is 59.1 Å². The molecule has 8 nitrogen and oxygen atoms in total. The molecule has 0 spiro atoms. The molecule has 0 aliphatic carbocycles. The SMILES string of the molecule is CCOc1ccc(C(=O)OCc2ncc(-c3ccccc3)o2)cc1[N+](=O)[O-]. The van der Waals surface area contributed by atoms with E-state index >= 15 is 0 Å². The van der Waals surface area contributed by atoms with Gasteiger partial charge in [-0.1, -0.05) is 30.3 Å². The predicted molar refractivity (Wildman–Crippen MR) is 95.3 cm³/mol. The molecule has 0 unspecified atom stereocenters. The Kier molecular flexibility index (Phi) is 5.46. The van der Waals surface area contributed by atoms with E-state index in [9.17, 15) is 14.9 Å². The molecule has 0 fully saturated rings. The summed E-state index contributed by atoms with van der Waals surface area (Å²) in [6.45, 7) is 1.80. The molecule has 1 heterocycles. The second-order valence-electron chi connectivity index (χ2n) is 5.43. The van der Waals surface area contributed by atoms with Crippen LogP contribution in [0.3, 0.4) is 0 Å². The first-order chi connectivity index (χ1) is 13.1. The number of rotatable bonds is 7. The number of hydrogen-bond donors (Lipinski definition) is 0. The number of ether oxygens (including phenoxy) is 2. The molecule has 0 saturated carbocycles. The van der Waals surface area contributed by atoms with E-state index in [0.717, 1.165) is 11.6 Å². The van der Waals surface area contributed by atoms with Gasteiger partial charge in [0.15, 0.2) is 18.1 Å².